The summed E-state index contributed by atoms with van der Waals surface area (Å²) in [6, 6.07) is 5.37. The summed E-state index contributed by atoms with van der Waals surface area (Å²) in [5.74, 6) is 0.375. The first-order chi connectivity index (χ1) is 8.43. The molecule has 0 aliphatic carbocycles. The fourth-order valence-corrected chi connectivity index (χ4v) is 1.90. The van der Waals surface area contributed by atoms with E-state index in [2.05, 4.69) is 5.32 Å². The van der Waals surface area contributed by atoms with Crippen LogP contribution in [0.5, 0.6) is 5.75 Å². The minimum atomic E-state index is -0.181. The van der Waals surface area contributed by atoms with E-state index in [9.17, 15) is 4.79 Å². The topological polar surface area (TPSA) is 64.3 Å². The second-order valence-corrected chi connectivity index (χ2v) is 4.77. The Morgan fingerprint density at radius 2 is 2.22 bits per heavy atom. The smallest absolute Gasteiger partial charge is 0.255 e. The van der Waals surface area contributed by atoms with Gasteiger partial charge in [0.1, 0.15) is 5.75 Å². The van der Waals surface area contributed by atoms with E-state index in [1.807, 2.05) is 19.9 Å². The van der Waals surface area contributed by atoms with E-state index in [1.165, 1.54) is 0 Å². The van der Waals surface area contributed by atoms with Gasteiger partial charge < -0.3 is 15.8 Å². The lowest BCUT2D eigenvalue weighted by atomic mass is 10.1. The number of methoxy groups -OCH3 is 1. The number of rotatable bonds is 5. The summed E-state index contributed by atoms with van der Waals surface area (Å²) in [6.45, 7) is 3.79. The molecular weight excluding hydrogens is 248 g/mol. The minimum absolute atomic E-state index is 0.0970. The largest absolute Gasteiger partial charge is 0.496 e. The molecular formula is C13H18N2O2S. The number of nitrogens with one attached hydrogen (secondary N) is 1. The summed E-state index contributed by atoms with van der Waals surface area (Å²) >= 11 is 4.81. The van der Waals surface area contributed by atoms with Crippen LogP contribution in [0.3, 0.4) is 0 Å². The Hall–Kier alpha value is -1.62. The van der Waals surface area contributed by atoms with Gasteiger partial charge >= 0.3 is 0 Å². The van der Waals surface area contributed by atoms with E-state index >= 15 is 0 Å². The van der Waals surface area contributed by atoms with Gasteiger partial charge in [-0.15, -0.1) is 0 Å². The number of amides is 1. The molecule has 4 nitrogen and oxygen atoms in total. The molecule has 0 aliphatic heterocycles. The Morgan fingerprint density at radius 1 is 1.56 bits per heavy atom. The second-order valence-electron chi connectivity index (χ2n) is 4.25. The highest BCUT2D eigenvalue weighted by molar-refractivity contribution is 7.80. The first-order valence-electron chi connectivity index (χ1n) is 5.68. The third kappa shape index (κ3) is 4.00. The zero-order valence-corrected chi connectivity index (χ0v) is 11.6. The molecule has 0 radical (unpaired) electrons. The van der Waals surface area contributed by atoms with E-state index in [0.29, 0.717) is 22.7 Å². The Morgan fingerprint density at radius 3 is 2.78 bits per heavy atom. The molecule has 0 saturated carbocycles. The third-order valence-electron chi connectivity index (χ3n) is 2.48. The summed E-state index contributed by atoms with van der Waals surface area (Å²) in [4.78, 5) is 12.5. The number of hydrogen-bond donors (Lipinski definition) is 2. The van der Waals surface area contributed by atoms with E-state index < -0.39 is 0 Å². The number of aryl methyl sites for hydroxylation is 1. The van der Waals surface area contributed by atoms with Crippen LogP contribution < -0.4 is 15.8 Å². The lowest BCUT2D eigenvalue weighted by molar-refractivity contribution is 0.0938. The normalized spacial score (nSPS) is 11.7. The first-order valence-corrected chi connectivity index (χ1v) is 6.08. The van der Waals surface area contributed by atoms with E-state index in [-0.39, 0.29) is 11.9 Å². The summed E-state index contributed by atoms with van der Waals surface area (Å²) in [7, 11) is 1.54. The Bertz CT molecular complexity index is 460. The third-order valence-corrected chi connectivity index (χ3v) is 2.65. The van der Waals surface area contributed by atoms with Crippen LogP contribution in [0.25, 0.3) is 0 Å². The molecule has 3 N–H and O–H groups in total. The van der Waals surface area contributed by atoms with Gasteiger partial charge in [-0.3, -0.25) is 4.79 Å². The van der Waals surface area contributed by atoms with Gasteiger partial charge in [-0.25, -0.2) is 0 Å². The molecule has 1 atom stereocenters. The van der Waals surface area contributed by atoms with Crippen molar-refractivity contribution in [2.45, 2.75) is 26.3 Å². The van der Waals surface area contributed by atoms with Gasteiger partial charge in [-0.05, 0) is 26.0 Å². The molecule has 1 amide bonds. The van der Waals surface area contributed by atoms with Crippen molar-refractivity contribution in [3.63, 3.8) is 0 Å². The molecule has 1 unspecified atom stereocenters. The van der Waals surface area contributed by atoms with Crippen molar-refractivity contribution in [3.05, 3.63) is 29.3 Å². The van der Waals surface area contributed by atoms with Crippen molar-refractivity contribution in [2.24, 2.45) is 5.73 Å². The van der Waals surface area contributed by atoms with Crippen LogP contribution in [0, 0.1) is 6.92 Å². The van der Waals surface area contributed by atoms with Gasteiger partial charge in [0.25, 0.3) is 5.91 Å². The van der Waals surface area contributed by atoms with Crippen LogP contribution in [-0.4, -0.2) is 24.0 Å². The predicted molar refractivity (Wildman–Crippen MR) is 76.1 cm³/mol. The van der Waals surface area contributed by atoms with Crippen molar-refractivity contribution in [1.29, 1.82) is 0 Å². The summed E-state index contributed by atoms with van der Waals surface area (Å²) < 4.78 is 5.17. The summed E-state index contributed by atoms with van der Waals surface area (Å²) in [5, 5.41) is 2.84. The molecule has 0 bridgehead atoms. The molecule has 5 heteroatoms. The highest BCUT2D eigenvalue weighted by Gasteiger charge is 2.15. The fourth-order valence-electron chi connectivity index (χ4n) is 1.65. The average Bonchev–Trinajstić information content (AvgIpc) is 2.27. The van der Waals surface area contributed by atoms with Gasteiger partial charge in [0, 0.05) is 12.5 Å². The molecule has 0 fully saturated rings. The molecule has 0 heterocycles. The van der Waals surface area contributed by atoms with Crippen LogP contribution in [0.4, 0.5) is 0 Å². The van der Waals surface area contributed by atoms with Crippen molar-refractivity contribution >= 4 is 23.1 Å². The van der Waals surface area contributed by atoms with E-state index in [1.54, 1.807) is 19.2 Å². The number of thiocarbonyl (C=S) groups is 1. The molecule has 0 saturated heterocycles. The Kier molecular flexibility index (Phi) is 5.09. The minimum Gasteiger partial charge on any atom is -0.496 e. The lowest BCUT2D eigenvalue weighted by Crippen LogP contribution is -2.35. The molecule has 1 aromatic carbocycles. The molecule has 0 aliphatic rings. The number of benzene rings is 1. The predicted octanol–water partition coefficient (Wildman–Crippen LogP) is 1.80. The highest BCUT2D eigenvalue weighted by atomic mass is 32.1. The van der Waals surface area contributed by atoms with Gasteiger partial charge in [0.05, 0.1) is 17.7 Å². The quantitative estimate of drug-likeness (QED) is 0.798. The molecule has 0 spiro atoms. The van der Waals surface area contributed by atoms with Crippen molar-refractivity contribution in [1.82, 2.24) is 5.32 Å². The van der Waals surface area contributed by atoms with Crippen LogP contribution in [0.15, 0.2) is 18.2 Å². The monoisotopic (exact) mass is 266 g/mol. The molecule has 1 rings (SSSR count). The number of hydrogen-bond acceptors (Lipinski definition) is 3. The highest BCUT2D eigenvalue weighted by Crippen LogP contribution is 2.19. The van der Waals surface area contributed by atoms with Crippen molar-refractivity contribution < 1.29 is 9.53 Å². The number of carbonyl (C=O) groups excluding carboxylic acids is 1. The first kappa shape index (κ1) is 14.4. The van der Waals surface area contributed by atoms with E-state index in [4.69, 9.17) is 22.7 Å². The van der Waals surface area contributed by atoms with Crippen LogP contribution in [-0.2, 0) is 0 Å². The van der Waals surface area contributed by atoms with Crippen LogP contribution in [0.1, 0.15) is 29.3 Å². The average molecular weight is 266 g/mol. The summed E-state index contributed by atoms with van der Waals surface area (Å²) in [6.07, 6.45) is 0.481. The number of nitrogens with two attached hydrogens (primary N) is 1. The molecule has 0 aromatic heterocycles. The van der Waals surface area contributed by atoms with Gasteiger partial charge in [0.15, 0.2) is 0 Å². The molecule has 98 valence electrons. The Balaban J connectivity index is 2.83. The van der Waals surface area contributed by atoms with Gasteiger partial charge in [-0.1, -0.05) is 23.8 Å². The maximum Gasteiger partial charge on any atom is 0.255 e. The standard InChI is InChI=1S/C13H18N2O2S/c1-8-4-5-11(17-3)10(6-8)13(16)15-9(2)7-12(14)18/h4-6,9H,7H2,1-3H3,(H2,14,18)(H,15,16). The Labute approximate surface area is 113 Å². The second kappa shape index (κ2) is 6.35. The molecule has 1 aromatic rings. The summed E-state index contributed by atoms with van der Waals surface area (Å²) in [5.41, 5.74) is 6.97. The van der Waals surface area contributed by atoms with E-state index in [0.717, 1.165) is 5.56 Å². The zero-order valence-electron chi connectivity index (χ0n) is 10.8. The number of carbonyl (C=O) groups is 1. The maximum absolute atomic E-state index is 12.1. The maximum atomic E-state index is 12.1. The lowest BCUT2D eigenvalue weighted by Gasteiger charge is -2.15. The van der Waals surface area contributed by atoms with Gasteiger partial charge in [-0.2, -0.15) is 0 Å². The van der Waals surface area contributed by atoms with Crippen molar-refractivity contribution in [3.8, 4) is 5.75 Å². The van der Waals surface area contributed by atoms with Gasteiger partial charge in [0.2, 0.25) is 0 Å². The van der Waals surface area contributed by atoms with Crippen LogP contribution in [0.2, 0.25) is 0 Å². The van der Waals surface area contributed by atoms with Crippen molar-refractivity contribution in [2.75, 3.05) is 7.11 Å². The zero-order chi connectivity index (χ0) is 13.7. The SMILES string of the molecule is COc1ccc(C)cc1C(=O)NC(C)CC(N)=S. The fraction of sp³-hybridized carbons (Fsp3) is 0.385. The number of ether oxygens (including phenoxy) is 1. The molecule has 18 heavy (non-hydrogen) atoms. The van der Waals surface area contributed by atoms with Crippen LogP contribution >= 0.6 is 12.2 Å².